The molecule has 19 heavy (non-hydrogen) atoms. The zero-order valence-electron chi connectivity index (χ0n) is 11.2. The van der Waals surface area contributed by atoms with Crippen molar-refractivity contribution in [1.29, 1.82) is 0 Å². The molecule has 0 amide bonds. The lowest BCUT2D eigenvalue weighted by Gasteiger charge is -2.07. The van der Waals surface area contributed by atoms with E-state index in [1.165, 1.54) is 5.56 Å². The van der Waals surface area contributed by atoms with Crippen molar-refractivity contribution >= 4 is 15.9 Å². The fourth-order valence-electron chi connectivity index (χ4n) is 1.83. The summed E-state index contributed by atoms with van der Waals surface area (Å²) >= 11 is 3.56. The number of halogens is 1. The van der Waals surface area contributed by atoms with Crippen molar-refractivity contribution in [2.24, 2.45) is 0 Å². The summed E-state index contributed by atoms with van der Waals surface area (Å²) < 4.78 is 8.25. The van der Waals surface area contributed by atoms with Gasteiger partial charge in [-0.15, -0.1) is 0 Å². The van der Waals surface area contributed by atoms with Gasteiger partial charge in [-0.1, -0.05) is 22.9 Å². The summed E-state index contributed by atoms with van der Waals surface area (Å²) in [6.45, 7) is 4.64. The smallest absolute Gasteiger partial charge is 0.119 e. The molecule has 2 rings (SSSR count). The van der Waals surface area contributed by atoms with Gasteiger partial charge in [-0.2, -0.15) is 5.10 Å². The second kappa shape index (κ2) is 6.73. The van der Waals surface area contributed by atoms with Crippen LogP contribution in [-0.2, 0) is 13.1 Å². The Morgan fingerprint density at radius 1 is 1.42 bits per heavy atom. The zero-order valence-corrected chi connectivity index (χ0v) is 12.8. The van der Waals surface area contributed by atoms with Crippen LogP contribution in [0.3, 0.4) is 0 Å². The molecule has 0 aliphatic carbocycles. The third-order valence-corrected chi connectivity index (χ3v) is 3.62. The molecule has 5 heteroatoms. The van der Waals surface area contributed by atoms with E-state index in [2.05, 4.69) is 39.5 Å². The molecule has 2 aromatic rings. The molecule has 0 aliphatic rings. The second-order valence-electron chi connectivity index (χ2n) is 4.28. The molecule has 0 aliphatic heterocycles. The van der Waals surface area contributed by atoms with E-state index in [4.69, 9.17) is 4.74 Å². The van der Waals surface area contributed by atoms with E-state index in [-0.39, 0.29) is 0 Å². The van der Waals surface area contributed by atoms with Crippen molar-refractivity contribution in [2.45, 2.75) is 20.0 Å². The maximum atomic E-state index is 5.25. The van der Waals surface area contributed by atoms with Crippen LogP contribution in [0, 0.1) is 0 Å². The van der Waals surface area contributed by atoms with Gasteiger partial charge >= 0.3 is 0 Å². The van der Waals surface area contributed by atoms with Crippen LogP contribution in [-0.4, -0.2) is 23.4 Å². The fourth-order valence-corrected chi connectivity index (χ4v) is 2.20. The van der Waals surface area contributed by atoms with Crippen LogP contribution in [0.4, 0.5) is 0 Å². The largest absolute Gasteiger partial charge is 0.497 e. The van der Waals surface area contributed by atoms with Gasteiger partial charge in [0.1, 0.15) is 5.75 Å². The molecule has 1 N–H and O–H groups in total. The van der Waals surface area contributed by atoms with Crippen LogP contribution in [0.1, 0.15) is 18.1 Å². The Morgan fingerprint density at radius 2 is 2.26 bits per heavy atom. The van der Waals surface area contributed by atoms with Gasteiger partial charge in [0.2, 0.25) is 0 Å². The van der Waals surface area contributed by atoms with E-state index in [0.717, 1.165) is 35.4 Å². The Labute approximate surface area is 121 Å². The van der Waals surface area contributed by atoms with E-state index in [1.54, 1.807) is 7.11 Å². The lowest BCUT2D eigenvalue weighted by atomic mass is 10.2. The molecule has 0 atom stereocenters. The van der Waals surface area contributed by atoms with E-state index in [0.29, 0.717) is 0 Å². The summed E-state index contributed by atoms with van der Waals surface area (Å²) in [5.74, 6) is 0.859. The summed E-state index contributed by atoms with van der Waals surface area (Å²) in [5, 5.41) is 7.66. The monoisotopic (exact) mass is 323 g/mol. The van der Waals surface area contributed by atoms with Crippen LogP contribution in [0.15, 0.2) is 35.1 Å². The number of aromatic nitrogens is 2. The Kier molecular flexibility index (Phi) is 4.99. The quantitative estimate of drug-likeness (QED) is 0.888. The van der Waals surface area contributed by atoms with Crippen molar-refractivity contribution in [1.82, 2.24) is 15.1 Å². The number of ether oxygens (including phenoxy) is 1. The zero-order chi connectivity index (χ0) is 13.7. The first kappa shape index (κ1) is 14.1. The topological polar surface area (TPSA) is 39.1 Å². The number of methoxy groups -OCH3 is 1. The first-order valence-electron chi connectivity index (χ1n) is 6.27. The van der Waals surface area contributed by atoms with Crippen LogP contribution < -0.4 is 10.1 Å². The molecule has 0 unspecified atom stereocenters. The minimum absolute atomic E-state index is 0.726. The minimum atomic E-state index is 0.726. The normalized spacial score (nSPS) is 10.7. The highest BCUT2D eigenvalue weighted by atomic mass is 79.9. The third kappa shape index (κ3) is 3.81. The number of hydrogen-bond donors (Lipinski definition) is 1. The molecule has 0 spiro atoms. The van der Waals surface area contributed by atoms with Crippen molar-refractivity contribution in [3.05, 3.63) is 46.2 Å². The standard InChI is InChI=1S/C14H18BrN3O/c1-3-16-7-11-8-17-18(9-11)10-12-6-13(19-2)4-5-14(12)15/h4-6,8-9,16H,3,7,10H2,1-2H3. The van der Waals surface area contributed by atoms with E-state index in [9.17, 15) is 0 Å². The highest BCUT2D eigenvalue weighted by molar-refractivity contribution is 9.10. The van der Waals surface area contributed by atoms with E-state index >= 15 is 0 Å². The average molecular weight is 324 g/mol. The third-order valence-electron chi connectivity index (χ3n) is 2.85. The first-order valence-corrected chi connectivity index (χ1v) is 7.06. The number of rotatable bonds is 6. The lowest BCUT2D eigenvalue weighted by molar-refractivity contribution is 0.414. The highest BCUT2D eigenvalue weighted by Crippen LogP contribution is 2.23. The number of nitrogens with zero attached hydrogens (tertiary/aromatic N) is 2. The lowest BCUT2D eigenvalue weighted by Crippen LogP contribution is -2.11. The number of hydrogen-bond acceptors (Lipinski definition) is 3. The van der Waals surface area contributed by atoms with E-state index < -0.39 is 0 Å². The molecule has 1 heterocycles. The van der Waals surface area contributed by atoms with E-state index in [1.807, 2.05) is 29.1 Å². The number of nitrogens with one attached hydrogen (secondary N) is 1. The first-order chi connectivity index (χ1) is 9.22. The summed E-state index contributed by atoms with van der Waals surface area (Å²) in [6.07, 6.45) is 3.96. The Hall–Kier alpha value is -1.33. The van der Waals surface area contributed by atoms with Gasteiger partial charge < -0.3 is 10.1 Å². The predicted octanol–water partition coefficient (Wildman–Crippen LogP) is 2.81. The molecule has 0 fully saturated rings. The maximum absolute atomic E-state index is 5.25. The van der Waals surface area contributed by atoms with Gasteiger partial charge in [-0.3, -0.25) is 4.68 Å². The molecular weight excluding hydrogens is 306 g/mol. The summed E-state index contributed by atoms with van der Waals surface area (Å²) in [4.78, 5) is 0. The van der Waals surface area contributed by atoms with Crippen molar-refractivity contribution in [2.75, 3.05) is 13.7 Å². The maximum Gasteiger partial charge on any atom is 0.119 e. The highest BCUT2D eigenvalue weighted by Gasteiger charge is 2.05. The summed E-state index contributed by atoms with van der Waals surface area (Å²) in [6, 6.07) is 5.96. The van der Waals surface area contributed by atoms with Gasteiger partial charge in [0.05, 0.1) is 19.9 Å². The van der Waals surface area contributed by atoms with Gasteiger partial charge in [0.15, 0.2) is 0 Å². The Bertz CT molecular complexity index is 539. The molecule has 0 saturated carbocycles. The molecule has 0 bridgehead atoms. The molecule has 1 aromatic carbocycles. The van der Waals surface area contributed by atoms with Crippen molar-refractivity contribution < 1.29 is 4.74 Å². The van der Waals surface area contributed by atoms with Gasteiger partial charge in [-0.05, 0) is 30.3 Å². The second-order valence-corrected chi connectivity index (χ2v) is 5.14. The summed E-state index contributed by atoms with van der Waals surface area (Å²) in [7, 11) is 1.68. The SMILES string of the molecule is CCNCc1cnn(Cc2cc(OC)ccc2Br)c1. The molecule has 102 valence electrons. The van der Waals surface area contributed by atoms with Crippen LogP contribution in [0.25, 0.3) is 0 Å². The average Bonchev–Trinajstić information content (AvgIpc) is 2.86. The van der Waals surface area contributed by atoms with Crippen molar-refractivity contribution in [3.8, 4) is 5.75 Å². The number of benzene rings is 1. The Morgan fingerprint density at radius 3 is 3.00 bits per heavy atom. The van der Waals surface area contributed by atoms with Crippen LogP contribution in [0.5, 0.6) is 5.75 Å². The minimum Gasteiger partial charge on any atom is -0.497 e. The molecular formula is C14H18BrN3O. The molecule has 0 radical (unpaired) electrons. The molecule has 4 nitrogen and oxygen atoms in total. The summed E-state index contributed by atoms with van der Waals surface area (Å²) in [5.41, 5.74) is 2.35. The fraction of sp³-hybridized carbons (Fsp3) is 0.357. The van der Waals surface area contributed by atoms with Crippen molar-refractivity contribution in [3.63, 3.8) is 0 Å². The van der Waals surface area contributed by atoms with Gasteiger partial charge in [0.25, 0.3) is 0 Å². The Balaban J connectivity index is 2.10. The van der Waals surface area contributed by atoms with Gasteiger partial charge in [-0.25, -0.2) is 0 Å². The van der Waals surface area contributed by atoms with Crippen LogP contribution in [0.2, 0.25) is 0 Å². The molecule has 0 saturated heterocycles. The van der Waals surface area contributed by atoms with Gasteiger partial charge in [0, 0.05) is 22.8 Å². The van der Waals surface area contributed by atoms with Crippen LogP contribution >= 0.6 is 15.9 Å². The predicted molar refractivity (Wildman–Crippen MR) is 79.4 cm³/mol. The molecule has 1 aromatic heterocycles.